The van der Waals surface area contributed by atoms with Gasteiger partial charge in [0.15, 0.2) is 0 Å². The summed E-state index contributed by atoms with van der Waals surface area (Å²) in [6.45, 7) is 0. The van der Waals surface area contributed by atoms with Gasteiger partial charge in [-0.2, -0.15) is 0 Å². The lowest BCUT2D eigenvalue weighted by molar-refractivity contribution is -0.126. The third-order valence-corrected chi connectivity index (χ3v) is 4.07. The first-order chi connectivity index (χ1) is 9.54. The summed E-state index contributed by atoms with van der Waals surface area (Å²) in [5.74, 6) is 1.18. The average molecular weight is 332 g/mol. The highest BCUT2D eigenvalue weighted by molar-refractivity contribution is 7.98. The molecule has 6 heteroatoms. The second-order valence-electron chi connectivity index (χ2n) is 4.38. The number of carbonyl (C=O) groups is 1. The Labute approximate surface area is 132 Å². The van der Waals surface area contributed by atoms with Crippen LogP contribution in [0, 0.1) is 0 Å². The molecule has 0 fully saturated rings. The summed E-state index contributed by atoms with van der Waals surface area (Å²) in [4.78, 5) is 13.5. The number of alkyl halides is 1. The highest BCUT2D eigenvalue weighted by Crippen LogP contribution is 2.33. The van der Waals surface area contributed by atoms with E-state index in [1.54, 1.807) is 29.8 Å². The van der Waals surface area contributed by atoms with Crippen LogP contribution in [0.3, 0.4) is 0 Å². The Morgan fingerprint density at radius 1 is 1.50 bits per heavy atom. The Balaban J connectivity index is 2.27. The predicted molar refractivity (Wildman–Crippen MR) is 85.5 cm³/mol. The van der Waals surface area contributed by atoms with Gasteiger partial charge in [0.25, 0.3) is 0 Å². The molecule has 1 amide bonds. The smallest absolute Gasteiger partial charge is 0.245 e. The maximum atomic E-state index is 11.9. The molecule has 0 aliphatic carbocycles. The van der Waals surface area contributed by atoms with Gasteiger partial charge in [-0.05, 0) is 30.9 Å². The van der Waals surface area contributed by atoms with E-state index in [2.05, 4.69) is 0 Å². The van der Waals surface area contributed by atoms with Crippen LogP contribution in [0.5, 0.6) is 5.75 Å². The molecule has 0 radical (unpaired) electrons. The standard InChI is InChI=1S/C14H15Cl2NO2S/c1-17-13(6-5-11(15)14(17)18)10-4-3-9(7-12(10)16)19-8-20-2/h3-4,6-7,11H,5,8H2,1-2H3. The molecule has 1 aromatic rings. The molecule has 0 saturated heterocycles. The fraction of sp³-hybridized carbons (Fsp3) is 0.357. The molecule has 1 aliphatic heterocycles. The first-order valence-electron chi connectivity index (χ1n) is 6.08. The summed E-state index contributed by atoms with van der Waals surface area (Å²) in [5, 5.41) is 0.0641. The largest absolute Gasteiger partial charge is 0.483 e. The zero-order chi connectivity index (χ0) is 14.7. The number of hydrogen-bond donors (Lipinski definition) is 0. The number of ether oxygens (including phenoxy) is 1. The van der Waals surface area contributed by atoms with E-state index in [4.69, 9.17) is 27.9 Å². The van der Waals surface area contributed by atoms with E-state index in [0.717, 1.165) is 11.3 Å². The van der Waals surface area contributed by atoms with Crippen molar-refractivity contribution in [3.8, 4) is 5.75 Å². The number of thioether (sulfide) groups is 1. The van der Waals surface area contributed by atoms with Gasteiger partial charge in [0, 0.05) is 18.3 Å². The van der Waals surface area contributed by atoms with Crippen molar-refractivity contribution in [2.45, 2.75) is 11.8 Å². The maximum Gasteiger partial charge on any atom is 0.245 e. The normalized spacial score (nSPS) is 19.0. The Morgan fingerprint density at radius 2 is 2.25 bits per heavy atom. The molecule has 1 heterocycles. The molecule has 0 spiro atoms. The monoisotopic (exact) mass is 331 g/mol. The Hall–Kier alpha value is -0.840. The number of amides is 1. The highest BCUT2D eigenvalue weighted by atomic mass is 35.5. The molecule has 1 aromatic carbocycles. The molecular formula is C14H15Cl2NO2S. The number of benzene rings is 1. The molecule has 2 rings (SSSR count). The minimum Gasteiger partial charge on any atom is -0.483 e. The van der Waals surface area contributed by atoms with Gasteiger partial charge in [-0.25, -0.2) is 0 Å². The Kier molecular flexibility index (Phi) is 5.24. The number of hydrogen-bond acceptors (Lipinski definition) is 3. The molecule has 1 unspecified atom stereocenters. The van der Waals surface area contributed by atoms with E-state index in [1.165, 1.54) is 0 Å². The minimum absolute atomic E-state index is 0.108. The lowest BCUT2D eigenvalue weighted by atomic mass is 10.0. The van der Waals surface area contributed by atoms with Crippen LogP contribution in [0.1, 0.15) is 12.0 Å². The van der Waals surface area contributed by atoms with Crippen LogP contribution >= 0.6 is 35.0 Å². The van der Waals surface area contributed by atoms with Crippen LogP contribution < -0.4 is 4.74 Å². The Morgan fingerprint density at radius 3 is 2.90 bits per heavy atom. The number of rotatable bonds is 4. The molecule has 0 bridgehead atoms. The van der Waals surface area contributed by atoms with E-state index in [1.807, 2.05) is 24.5 Å². The van der Waals surface area contributed by atoms with Crippen LogP contribution in [0.4, 0.5) is 0 Å². The third kappa shape index (κ3) is 3.25. The second kappa shape index (κ2) is 6.74. The molecule has 0 aromatic heterocycles. The molecule has 0 N–H and O–H groups in total. The van der Waals surface area contributed by atoms with Gasteiger partial charge < -0.3 is 9.64 Å². The molecule has 0 saturated carbocycles. The van der Waals surface area contributed by atoms with Crippen molar-refractivity contribution in [2.75, 3.05) is 19.2 Å². The van der Waals surface area contributed by atoms with Crippen molar-refractivity contribution < 1.29 is 9.53 Å². The van der Waals surface area contributed by atoms with Crippen molar-refractivity contribution in [1.29, 1.82) is 0 Å². The van der Waals surface area contributed by atoms with Gasteiger partial charge in [0.2, 0.25) is 5.91 Å². The number of halogens is 2. The first-order valence-corrected chi connectivity index (χ1v) is 8.29. The predicted octanol–water partition coefficient (Wildman–Crippen LogP) is 3.85. The summed E-state index contributed by atoms with van der Waals surface area (Å²) in [5.41, 5.74) is 1.59. The lowest BCUT2D eigenvalue weighted by Gasteiger charge is -2.28. The van der Waals surface area contributed by atoms with Crippen LogP contribution in [-0.2, 0) is 4.79 Å². The van der Waals surface area contributed by atoms with Crippen LogP contribution in [-0.4, -0.2) is 35.4 Å². The second-order valence-corrected chi connectivity index (χ2v) is 6.13. The SMILES string of the molecule is CSCOc1ccc(C2=CCC(Cl)C(=O)N2C)c(Cl)c1. The van der Waals surface area contributed by atoms with E-state index in [0.29, 0.717) is 23.1 Å². The van der Waals surface area contributed by atoms with Gasteiger partial charge >= 0.3 is 0 Å². The topological polar surface area (TPSA) is 29.5 Å². The summed E-state index contributed by atoms with van der Waals surface area (Å²) < 4.78 is 5.50. The van der Waals surface area contributed by atoms with Gasteiger partial charge in [-0.3, -0.25) is 4.79 Å². The average Bonchev–Trinajstić information content (AvgIpc) is 2.44. The molecule has 3 nitrogen and oxygen atoms in total. The van der Waals surface area contributed by atoms with Crippen LogP contribution in [0.15, 0.2) is 24.3 Å². The van der Waals surface area contributed by atoms with Gasteiger partial charge in [0.05, 0.1) is 5.02 Å². The van der Waals surface area contributed by atoms with Crippen molar-refractivity contribution in [1.82, 2.24) is 4.90 Å². The molecule has 20 heavy (non-hydrogen) atoms. The number of nitrogens with zero attached hydrogens (tertiary/aromatic N) is 1. The van der Waals surface area contributed by atoms with Gasteiger partial charge in [-0.1, -0.05) is 17.7 Å². The highest BCUT2D eigenvalue weighted by Gasteiger charge is 2.27. The summed E-state index contributed by atoms with van der Waals surface area (Å²) in [7, 11) is 1.71. The molecule has 1 aliphatic rings. The third-order valence-electron chi connectivity index (χ3n) is 3.04. The van der Waals surface area contributed by atoms with Gasteiger partial charge in [0.1, 0.15) is 17.1 Å². The minimum atomic E-state index is -0.494. The van der Waals surface area contributed by atoms with Crippen molar-refractivity contribution in [3.63, 3.8) is 0 Å². The van der Waals surface area contributed by atoms with E-state index >= 15 is 0 Å². The lowest BCUT2D eigenvalue weighted by Crippen LogP contribution is -2.35. The van der Waals surface area contributed by atoms with Crippen molar-refractivity contribution >= 4 is 46.6 Å². The van der Waals surface area contributed by atoms with Crippen LogP contribution in [0.2, 0.25) is 5.02 Å². The molecule has 1 atom stereocenters. The van der Waals surface area contributed by atoms with Crippen molar-refractivity contribution in [2.24, 2.45) is 0 Å². The zero-order valence-electron chi connectivity index (χ0n) is 11.2. The zero-order valence-corrected chi connectivity index (χ0v) is 13.6. The summed E-state index contributed by atoms with van der Waals surface area (Å²) in [6, 6.07) is 5.48. The fourth-order valence-electron chi connectivity index (χ4n) is 1.99. The molecular weight excluding hydrogens is 317 g/mol. The van der Waals surface area contributed by atoms with Crippen molar-refractivity contribution in [3.05, 3.63) is 34.9 Å². The number of allylic oxidation sites excluding steroid dienone is 1. The van der Waals surface area contributed by atoms with E-state index < -0.39 is 5.38 Å². The van der Waals surface area contributed by atoms with E-state index in [9.17, 15) is 4.79 Å². The summed E-state index contributed by atoms with van der Waals surface area (Å²) >= 11 is 13.8. The first kappa shape index (κ1) is 15.5. The quantitative estimate of drug-likeness (QED) is 0.620. The summed E-state index contributed by atoms with van der Waals surface area (Å²) in [6.07, 6.45) is 4.41. The Bertz CT molecular complexity index is 548. The van der Waals surface area contributed by atoms with Crippen LogP contribution in [0.25, 0.3) is 5.70 Å². The molecule has 108 valence electrons. The number of carbonyl (C=O) groups excluding carboxylic acids is 1. The fourth-order valence-corrected chi connectivity index (χ4v) is 2.75. The van der Waals surface area contributed by atoms with E-state index in [-0.39, 0.29) is 5.91 Å². The maximum absolute atomic E-state index is 11.9. The van der Waals surface area contributed by atoms with Gasteiger partial charge in [-0.15, -0.1) is 23.4 Å².